The number of pyridine rings is 1. The lowest BCUT2D eigenvalue weighted by Crippen LogP contribution is -2.21. The van der Waals surface area contributed by atoms with E-state index in [1.54, 1.807) is 6.92 Å². The molecule has 0 aromatic carbocycles. The Hall–Kier alpha value is -1.64. The summed E-state index contributed by atoms with van der Waals surface area (Å²) in [5, 5.41) is 0. The summed E-state index contributed by atoms with van der Waals surface area (Å²) in [7, 11) is 0. The molecule has 19 heavy (non-hydrogen) atoms. The van der Waals surface area contributed by atoms with Crippen molar-refractivity contribution in [2.75, 3.05) is 6.61 Å². The standard InChI is InChI=1S/C10H10F3NO4S/c1-3-17-9(15)7-4-6(2)14-8(5-7)18-19(16)10(11,12)13/h4-5H,3H2,1-2H3. The molecule has 1 aromatic heterocycles. The molecule has 0 aliphatic heterocycles. The Kier molecular flexibility index (Phi) is 4.87. The van der Waals surface area contributed by atoms with Crippen molar-refractivity contribution >= 4 is 17.0 Å². The third kappa shape index (κ3) is 4.51. The first-order chi connectivity index (χ1) is 8.74. The van der Waals surface area contributed by atoms with Crippen LogP contribution in [0.5, 0.6) is 5.88 Å². The Labute approximate surface area is 109 Å². The molecular weight excluding hydrogens is 287 g/mol. The fraction of sp³-hybridized carbons (Fsp3) is 0.400. The van der Waals surface area contributed by atoms with Gasteiger partial charge >= 0.3 is 22.6 Å². The number of aromatic nitrogens is 1. The highest BCUT2D eigenvalue weighted by Gasteiger charge is 2.40. The molecule has 106 valence electrons. The van der Waals surface area contributed by atoms with Gasteiger partial charge in [0.25, 0.3) is 0 Å². The van der Waals surface area contributed by atoms with Crippen molar-refractivity contribution in [3.63, 3.8) is 0 Å². The van der Waals surface area contributed by atoms with Crippen LogP contribution in [0.25, 0.3) is 0 Å². The average molecular weight is 297 g/mol. The molecule has 1 rings (SSSR count). The first-order valence-corrected chi connectivity index (χ1v) is 6.14. The molecule has 1 aromatic rings. The van der Waals surface area contributed by atoms with Crippen LogP contribution in [0.1, 0.15) is 23.0 Å². The van der Waals surface area contributed by atoms with Gasteiger partial charge in [-0.05, 0) is 19.9 Å². The SMILES string of the molecule is CCOC(=O)c1cc(C)nc(OS(=O)C(F)(F)F)c1. The number of nitrogens with zero attached hydrogens (tertiary/aromatic N) is 1. The van der Waals surface area contributed by atoms with Gasteiger partial charge in [0.15, 0.2) is 0 Å². The zero-order valence-corrected chi connectivity index (χ0v) is 10.8. The number of carbonyl (C=O) groups is 1. The highest BCUT2D eigenvalue weighted by atomic mass is 32.2. The molecule has 0 radical (unpaired) electrons. The van der Waals surface area contributed by atoms with Gasteiger partial charge < -0.3 is 8.92 Å². The molecular formula is C10H10F3NO4S. The zero-order chi connectivity index (χ0) is 14.6. The van der Waals surface area contributed by atoms with Crippen LogP contribution < -0.4 is 4.18 Å². The van der Waals surface area contributed by atoms with E-state index in [4.69, 9.17) is 0 Å². The minimum Gasteiger partial charge on any atom is -0.462 e. The van der Waals surface area contributed by atoms with E-state index < -0.39 is 28.4 Å². The van der Waals surface area contributed by atoms with Gasteiger partial charge in [-0.3, -0.25) is 0 Å². The molecule has 5 nitrogen and oxygen atoms in total. The zero-order valence-electron chi connectivity index (χ0n) is 9.98. The van der Waals surface area contributed by atoms with Crippen LogP contribution in [0.3, 0.4) is 0 Å². The molecule has 0 spiro atoms. The van der Waals surface area contributed by atoms with Gasteiger partial charge in [0.1, 0.15) is 0 Å². The number of ether oxygens (including phenoxy) is 1. The van der Waals surface area contributed by atoms with E-state index in [1.807, 2.05) is 0 Å². The largest absolute Gasteiger partial charge is 0.508 e. The maximum Gasteiger partial charge on any atom is 0.508 e. The first kappa shape index (κ1) is 15.4. The van der Waals surface area contributed by atoms with E-state index >= 15 is 0 Å². The smallest absolute Gasteiger partial charge is 0.462 e. The van der Waals surface area contributed by atoms with E-state index in [9.17, 15) is 22.2 Å². The monoisotopic (exact) mass is 297 g/mol. The lowest BCUT2D eigenvalue weighted by molar-refractivity contribution is -0.0438. The summed E-state index contributed by atoms with van der Waals surface area (Å²) in [6.07, 6.45) is 0. The maximum absolute atomic E-state index is 12.1. The molecule has 9 heteroatoms. The Bertz CT molecular complexity index is 504. The molecule has 0 bridgehead atoms. The molecule has 0 N–H and O–H groups in total. The number of rotatable bonds is 4. The first-order valence-electron chi connectivity index (χ1n) is 5.06. The highest BCUT2D eigenvalue weighted by molar-refractivity contribution is 7.81. The minimum absolute atomic E-state index is 0.0245. The number of alkyl halides is 3. The summed E-state index contributed by atoms with van der Waals surface area (Å²) in [5.41, 5.74) is -4.81. The lowest BCUT2D eigenvalue weighted by Gasteiger charge is -2.08. The van der Waals surface area contributed by atoms with Crippen LogP contribution >= 0.6 is 0 Å². The summed E-state index contributed by atoms with van der Waals surface area (Å²) < 4.78 is 55.8. The van der Waals surface area contributed by atoms with Crippen molar-refractivity contribution in [2.45, 2.75) is 19.4 Å². The van der Waals surface area contributed by atoms with Crippen LogP contribution in [0.15, 0.2) is 12.1 Å². The van der Waals surface area contributed by atoms with Gasteiger partial charge in [0.2, 0.25) is 5.88 Å². The molecule has 1 atom stereocenters. The number of carbonyl (C=O) groups excluding carboxylic acids is 1. The van der Waals surface area contributed by atoms with Crippen molar-refractivity contribution in [3.05, 3.63) is 23.4 Å². The summed E-state index contributed by atoms with van der Waals surface area (Å²) in [6, 6.07) is 2.26. The number of halogens is 3. The number of hydrogen-bond acceptors (Lipinski definition) is 5. The molecule has 0 amide bonds. The van der Waals surface area contributed by atoms with Crippen LogP contribution in [0.4, 0.5) is 13.2 Å². The number of esters is 1. The second-order valence-electron chi connectivity index (χ2n) is 3.32. The minimum atomic E-state index is -5.02. The molecule has 0 fully saturated rings. The van der Waals surface area contributed by atoms with Crippen LogP contribution in [0, 0.1) is 6.92 Å². The molecule has 0 saturated carbocycles. The van der Waals surface area contributed by atoms with Crippen LogP contribution in [0.2, 0.25) is 0 Å². The molecule has 0 aliphatic rings. The summed E-state index contributed by atoms with van der Waals surface area (Å²) >= 11 is -3.54. The van der Waals surface area contributed by atoms with Gasteiger partial charge in [-0.1, -0.05) is 0 Å². The molecule has 0 saturated heterocycles. The van der Waals surface area contributed by atoms with E-state index in [0.29, 0.717) is 0 Å². The van der Waals surface area contributed by atoms with Gasteiger partial charge in [0.05, 0.1) is 12.2 Å². The number of aryl methyl sites for hydroxylation is 1. The molecule has 0 aliphatic carbocycles. The average Bonchev–Trinajstić information content (AvgIpc) is 2.27. The van der Waals surface area contributed by atoms with Crippen molar-refractivity contribution < 1.29 is 31.1 Å². The molecule has 1 unspecified atom stereocenters. The third-order valence-electron chi connectivity index (χ3n) is 1.79. The van der Waals surface area contributed by atoms with Gasteiger partial charge in [-0.25, -0.2) is 14.0 Å². The van der Waals surface area contributed by atoms with E-state index in [2.05, 4.69) is 13.9 Å². The van der Waals surface area contributed by atoms with Crippen molar-refractivity contribution in [3.8, 4) is 5.88 Å². The van der Waals surface area contributed by atoms with E-state index in [0.717, 1.165) is 6.07 Å². The number of hydrogen-bond donors (Lipinski definition) is 0. The topological polar surface area (TPSA) is 65.5 Å². The van der Waals surface area contributed by atoms with Crippen LogP contribution in [-0.2, 0) is 15.8 Å². The van der Waals surface area contributed by atoms with E-state index in [1.165, 1.54) is 13.0 Å². The Morgan fingerprint density at radius 2 is 2.05 bits per heavy atom. The van der Waals surface area contributed by atoms with Gasteiger partial charge in [0, 0.05) is 11.8 Å². The predicted molar refractivity (Wildman–Crippen MR) is 59.8 cm³/mol. The quantitative estimate of drug-likeness (QED) is 0.797. The van der Waals surface area contributed by atoms with Gasteiger partial charge in [-0.15, -0.1) is 0 Å². The normalized spacial score (nSPS) is 12.9. The second kappa shape index (κ2) is 6.00. The highest BCUT2D eigenvalue weighted by Crippen LogP contribution is 2.23. The maximum atomic E-state index is 12.1. The predicted octanol–water partition coefficient (Wildman–Crippen LogP) is 2.13. The lowest BCUT2D eigenvalue weighted by atomic mass is 10.2. The molecule has 1 heterocycles. The van der Waals surface area contributed by atoms with Crippen LogP contribution in [-0.4, -0.2) is 27.3 Å². The fourth-order valence-corrected chi connectivity index (χ4v) is 1.47. The Morgan fingerprint density at radius 3 is 2.58 bits per heavy atom. The van der Waals surface area contributed by atoms with Gasteiger partial charge in [-0.2, -0.15) is 13.2 Å². The van der Waals surface area contributed by atoms with Crippen molar-refractivity contribution in [2.24, 2.45) is 0 Å². The Balaban J connectivity index is 2.97. The Morgan fingerprint density at radius 1 is 1.42 bits per heavy atom. The summed E-state index contributed by atoms with van der Waals surface area (Å²) in [6.45, 7) is 3.15. The third-order valence-corrected chi connectivity index (χ3v) is 2.49. The van der Waals surface area contributed by atoms with Crippen molar-refractivity contribution in [1.82, 2.24) is 4.98 Å². The summed E-state index contributed by atoms with van der Waals surface area (Å²) in [5.74, 6) is -1.28. The van der Waals surface area contributed by atoms with Crippen molar-refractivity contribution in [1.29, 1.82) is 0 Å². The fourth-order valence-electron chi connectivity index (χ4n) is 1.14. The summed E-state index contributed by atoms with van der Waals surface area (Å²) in [4.78, 5) is 15.0. The second-order valence-corrected chi connectivity index (χ2v) is 4.42. The van der Waals surface area contributed by atoms with E-state index in [-0.39, 0.29) is 17.9 Å².